The van der Waals surface area contributed by atoms with E-state index in [9.17, 15) is 4.79 Å². The summed E-state index contributed by atoms with van der Waals surface area (Å²) >= 11 is 4.00. The van der Waals surface area contributed by atoms with E-state index >= 15 is 0 Å². The monoisotopic (exact) mass is 494 g/mol. The van der Waals surface area contributed by atoms with Crippen LogP contribution in [0.2, 0.25) is 0 Å². The number of hydrogen-bond donors (Lipinski definition) is 2. The highest BCUT2D eigenvalue weighted by Crippen LogP contribution is 2.36. The fraction of sp³-hybridized carbons (Fsp3) is 0.333. The second-order valence-electron chi connectivity index (χ2n) is 6.47. The number of amides is 1. The number of nitrogens with one attached hydrogen (secondary N) is 1. The Labute approximate surface area is 174 Å². The number of nitrogen functional groups attached to an aromatic ring is 1. The highest BCUT2D eigenvalue weighted by atomic mass is 127. The third kappa shape index (κ3) is 3.75. The van der Waals surface area contributed by atoms with Crippen LogP contribution in [0, 0.1) is 3.57 Å². The molecule has 1 aromatic carbocycles. The van der Waals surface area contributed by atoms with Crippen LogP contribution in [0.15, 0.2) is 28.5 Å². The van der Waals surface area contributed by atoms with E-state index in [1.165, 1.54) is 39.3 Å². The smallest absolute Gasteiger partial charge is 0.216 e. The molecule has 0 unspecified atom stereocenters. The molecule has 0 fully saturated rings. The normalized spacial score (nSPS) is 13.1. The number of aromatic nitrogens is 4. The van der Waals surface area contributed by atoms with Crippen LogP contribution in [0.1, 0.15) is 24.5 Å². The van der Waals surface area contributed by atoms with E-state index in [4.69, 9.17) is 10.7 Å². The number of aryl methyl sites for hydroxylation is 2. The predicted octanol–water partition coefficient (Wildman–Crippen LogP) is 2.79. The Morgan fingerprint density at radius 3 is 2.89 bits per heavy atom. The zero-order valence-electron chi connectivity index (χ0n) is 14.8. The zero-order chi connectivity index (χ0) is 19.0. The summed E-state index contributed by atoms with van der Waals surface area (Å²) in [5, 5.41) is 3.63. The van der Waals surface area contributed by atoms with Gasteiger partial charge >= 0.3 is 0 Å². The predicted molar refractivity (Wildman–Crippen MR) is 114 cm³/mol. The van der Waals surface area contributed by atoms with Crippen LogP contribution in [0.25, 0.3) is 11.2 Å². The number of carbonyl (C=O) groups excluding carboxylic acids is 1. The Morgan fingerprint density at radius 1 is 1.33 bits per heavy atom. The molecule has 0 spiro atoms. The molecule has 0 radical (unpaired) electrons. The Kier molecular flexibility index (Phi) is 5.22. The van der Waals surface area contributed by atoms with Gasteiger partial charge in [0.15, 0.2) is 22.1 Å². The van der Waals surface area contributed by atoms with Crippen molar-refractivity contribution in [2.75, 3.05) is 12.3 Å². The number of fused-ring (bicyclic) bond motifs is 2. The van der Waals surface area contributed by atoms with Crippen molar-refractivity contribution < 1.29 is 4.79 Å². The standard InChI is InChI=1S/C18H19IN6OS/c1-10(26)21-5-6-25-17-15(16(20)22-9-23-17)24-18(25)27-14-8-12-4-2-3-11(12)7-13(14)19/h7-9H,2-6H2,1H3,(H,21,26)(H2,20,22,23). The van der Waals surface area contributed by atoms with Gasteiger partial charge in [-0.2, -0.15) is 0 Å². The lowest BCUT2D eigenvalue weighted by molar-refractivity contribution is -0.118. The van der Waals surface area contributed by atoms with Gasteiger partial charge in [0.2, 0.25) is 5.91 Å². The number of nitrogens with two attached hydrogens (primary N) is 1. The van der Waals surface area contributed by atoms with E-state index in [-0.39, 0.29) is 5.91 Å². The van der Waals surface area contributed by atoms with Gasteiger partial charge in [-0.1, -0.05) is 11.8 Å². The molecule has 2 heterocycles. The molecule has 27 heavy (non-hydrogen) atoms. The molecule has 0 saturated carbocycles. The lowest BCUT2D eigenvalue weighted by Gasteiger charge is -2.11. The number of carbonyl (C=O) groups is 1. The first kappa shape index (κ1) is 18.5. The van der Waals surface area contributed by atoms with Gasteiger partial charge in [0.1, 0.15) is 6.33 Å². The van der Waals surface area contributed by atoms with Crippen LogP contribution in [0.5, 0.6) is 0 Å². The van der Waals surface area contributed by atoms with E-state index in [0.29, 0.717) is 30.1 Å². The van der Waals surface area contributed by atoms with Gasteiger partial charge in [-0.15, -0.1) is 0 Å². The molecule has 2 aromatic heterocycles. The number of rotatable bonds is 5. The third-order valence-corrected chi connectivity index (χ3v) is 6.89. The molecule has 1 amide bonds. The average Bonchev–Trinajstić information content (AvgIpc) is 3.21. The van der Waals surface area contributed by atoms with E-state index in [0.717, 1.165) is 18.0 Å². The van der Waals surface area contributed by atoms with Gasteiger partial charge in [-0.3, -0.25) is 4.79 Å². The molecule has 7 nitrogen and oxygen atoms in total. The van der Waals surface area contributed by atoms with E-state index in [1.54, 1.807) is 11.8 Å². The maximum atomic E-state index is 11.2. The zero-order valence-corrected chi connectivity index (χ0v) is 17.8. The van der Waals surface area contributed by atoms with Crippen molar-refractivity contribution in [3.63, 3.8) is 0 Å². The first-order valence-electron chi connectivity index (χ1n) is 8.73. The molecular weight excluding hydrogens is 475 g/mol. The van der Waals surface area contributed by atoms with Gasteiger partial charge in [0.05, 0.1) is 0 Å². The van der Waals surface area contributed by atoms with Gasteiger partial charge in [-0.05, 0) is 65.1 Å². The maximum absolute atomic E-state index is 11.2. The van der Waals surface area contributed by atoms with Crippen molar-refractivity contribution in [3.8, 4) is 0 Å². The molecule has 0 atom stereocenters. The number of halogens is 1. The Hall–Kier alpha value is -1.88. The summed E-state index contributed by atoms with van der Waals surface area (Å²) in [4.78, 5) is 25.5. The van der Waals surface area contributed by atoms with E-state index in [2.05, 4.69) is 50.0 Å². The Balaban J connectivity index is 1.72. The van der Waals surface area contributed by atoms with Crippen molar-refractivity contribution in [2.24, 2.45) is 0 Å². The summed E-state index contributed by atoms with van der Waals surface area (Å²) in [7, 11) is 0. The minimum Gasteiger partial charge on any atom is -0.382 e. The van der Waals surface area contributed by atoms with Crippen molar-refractivity contribution in [1.29, 1.82) is 0 Å². The van der Waals surface area contributed by atoms with Crippen LogP contribution in [-0.2, 0) is 24.2 Å². The number of benzene rings is 1. The minimum absolute atomic E-state index is 0.0593. The summed E-state index contributed by atoms with van der Waals surface area (Å²) < 4.78 is 3.22. The van der Waals surface area contributed by atoms with Gasteiger partial charge in [0.25, 0.3) is 0 Å². The van der Waals surface area contributed by atoms with Crippen molar-refractivity contribution in [3.05, 3.63) is 33.2 Å². The molecule has 140 valence electrons. The maximum Gasteiger partial charge on any atom is 0.216 e. The topological polar surface area (TPSA) is 98.7 Å². The minimum atomic E-state index is -0.0593. The molecule has 3 aromatic rings. The van der Waals surface area contributed by atoms with Crippen LogP contribution in [-0.4, -0.2) is 32.0 Å². The molecule has 0 aliphatic heterocycles. The number of anilines is 1. The molecule has 9 heteroatoms. The lowest BCUT2D eigenvalue weighted by Crippen LogP contribution is -2.24. The number of nitrogens with zero attached hydrogens (tertiary/aromatic N) is 4. The van der Waals surface area contributed by atoms with Gasteiger partial charge < -0.3 is 15.6 Å². The summed E-state index contributed by atoms with van der Waals surface area (Å²) in [5.41, 5.74) is 10.2. The van der Waals surface area contributed by atoms with Gasteiger partial charge in [0, 0.05) is 28.5 Å². The van der Waals surface area contributed by atoms with E-state index in [1.807, 2.05) is 4.57 Å². The van der Waals surface area contributed by atoms with Crippen molar-refractivity contribution >= 4 is 57.2 Å². The highest BCUT2D eigenvalue weighted by Gasteiger charge is 2.19. The molecule has 1 aliphatic rings. The van der Waals surface area contributed by atoms with Crippen LogP contribution < -0.4 is 11.1 Å². The quantitative estimate of drug-likeness (QED) is 0.530. The molecule has 4 rings (SSSR count). The summed E-state index contributed by atoms with van der Waals surface area (Å²) in [6, 6.07) is 4.56. The highest BCUT2D eigenvalue weighted by molar-refractivity contribution is 14.1. The second-order valence-corrected chi connectivity index (χ2v) is 8.64. The molecule has 1 aliphatic carbocycles. The van der Waals surface area contributed by atoms with Crippen LogP contribution in [0.4, 0.5) is 5.82 Å². The molecular formula is C18H19IN6OS. The van der Waals surface area contributed by atoms with Crippen molar-refractivity contribution in [1.82, 2.24) is 24.8 Å². The summed E-state index contributed by atoms with van der Waals surface area (Å²) in [6.45, 7) is 2.57. The van der Waals surface area contributed by atoms with E-state index < -0.39 is 0 Å². The second kappa shape index (κ2) is 7.63. The fourth-order valence-corrected chi connectivity index (χ4v) is 5.15. The van der Waals surface area contributed by atoms with Crippen LogP contribution in [0.3, 0.4) is 0 Å². The first-order chi connectivity index (χ1) is 13.0. The molecule has 0 saturated heterocycles. The molecule has 3 N–H and O–H groups in total. The first-order valence-corrected chi connectivity index (χ1v) is 10.6. The SMILES string of the molecule is CC(=O)NCCn1c(Sc2cc3c(cc2I)CCC3)nc2c(N)ncnc21. The summed E-state index contributed by atoms with van der Waals surface area (Å²) in [6.07, 6.45) is 4.97. The Bertz CT molecular complexity index is 1030. The number of hydrogen-bond acceptors (Lipinski definition) is 6. The third-order valence-electron chi connectivity index (χ3n) is 4.58. The molecule has 0 bridgehead atoms. The van der Waals surface area contributed by atoms with Crippen LogP contribution >= 0.6 is 34.4 Å². The fourth-order valence-electron chi connectivity index (χ4n) is 3.31. The average molecular weight is 494 g/mol. The Morgan fingerprint density at radius 2 is 2.11 bits per heavy atom. The lowest BCUT2D eigenvalue weighted by atomic mass is 10.1. The summed E-state index contributed by atoms with van der Waals surface area (Å²) in [5.74, 6) is 0.305. The largest absolute Gasteiger partial charge is 0.382 e. The van der Waals surface area contributed by atoms with Crippen molar-refractivity contribution in [2.45, 2.75) is 42.8 Å². The van der Waals surface area contributed by atoms with Gasteiger partial charge in [-0.25, -0.2) is 15.0 Å². The number of imidazole rings is 1.